The number of hydrogen-bond donors (Lipinski definition) is 0. The number of piperazine rings is 1. The normalized spacial score (nSPS) is 22.4. The first kappa shape index (κ1) is 12.8. The summed E-state index contributed by atoms with van der Waals surface area (Å²) in [6, 6.07) is 2.26. The zero-order valence-electron chi connectivity index (χ0n) is 8.79. The summed E-state index contributed by atoms with van der Waals surface area (Å²) in [6.07, 6.45) is 0. The fourth-order valence-electron chi connectivity index (χ4n) is 1.64. The van der Waals surface area contributed by atoms with Gasteiger partial charge in [-0.2, -0.15) is 5.26 Å². The van der Waals surface area contributed by atoms with Crippen LogP contribution in [0.15, 0.2) is 10.6 Å². The van der Waals surface area contributed by atoms with Gasteiger partial charge in [-0.15, -0.1) is 0 Å². The molecule has 1 atom stereocenters. The SMILES string of the molecule is CC(C#N)N1CCN(CC(Cl)=CCl)CC1. The van der Waals surface area contributed by atoms with Gasteiger partial charge in [0, 0.05) is 43.3 Å². The first-order chi connectivity index (χ1) is 7.17. The summed E-state index contributed by atoms with van der Waals surface area (Å²) in [6.45, 7) is 6.35. The van der Waals surface area contributed by atoms with E-state index in [4.69, 9.17) is 28.5 Å². The monoisotopic (exact) mass is 247 g/mol. The van der Waals surface area contributed by atoms with Crippen LogP contribution in [0.2, 0.25) is 0 Å². The van der Waals surface area contributed by atoms with Gasteiger partial charge in [0.1, 0.15) is 0 Å². The van der Waals surface area contributed by atoms with Crippen LogP contribution in [0.25, 0.3) is 0 Å². The van der Waals surface area contributed by atoms with E-state index < -0.39 is 0 Å². The largest absolute Gasteiger partial charge is 0.296 e. The smallest absolute Gasteiger partial charge is 0.0950 e. The van der Waals surface area contributed by atoms with Crippen molar-refractivity contribution in [2.75, 3.05) is 32.7 Å². The van der Waals surface area contributed by atoms with E-state index in [0.717, 1.165) is 26.2 Å². The van der Waals surface area contributed by atoms with Crippen LogP contribution in [0.4, 0.5) is 0 Å². The van der Waals surface area contributed by atoms with Gasteiger partial charge >= 0.3 is 0 Å². The molecule has 0 saturated carbocycles. The minimum atomic E-state index is 0.00573. The lowest BCUT2D eigenvalue weighted by Crippen LogP contribution is -2.49. The van der Waals surface area contributed by atoms with Crippen molar-refractivity contribution < 1.29 is 0 Å². The molecule has 84 valence electrons. The maximum Gasteiger partial charge on any atom is 0.0950 e. The second-order valence-electron chi connectivity index (χ2n) is 3.67. The highest BCUT2D eigenvalue weighted by Gasteiger charge is 2.20. The molecule has 1 rings (SSSR count). The van der Waals surface area contributed by atoms with Crippen LogP contribution in [-0.2, 0) is 0 Å². The van der Waals surface area contributed by atoms with E-state index in [1.807, 2.05) is 6.92 Å². The highest BCUT2D eigenvalue weighted by Crippen LogP contribution is 2.10. The standard InChI is InChI=1S/C10H15Cl2N3/c1-9(7-13)15-4-2-14(3-5-15)8-10(12)6-11/h6,9H,2-5,8H2,1H3. The third-order valence-corrected chi connectivity index (χ3v) is 3.24. The number of nitriles is 1. The van der Waals surface area contributed by atoms with Gasteiger partial charge in [-0.1, -0.05) is 23.2 Å². The van der Waals surface area contributed by atoms with E-state index in [1.165, 1.54) is 5.54 Å². The minimum absolute atomic E-state index is 0.00573. The molecule has 0 amide bonds. The molecule has 0 radical (unpaired) electrons. The van der Waals surface area contributed by atoms with Crippen molar-refractivity contribution in [3.8, 4) is 6.07 Å². The van der Waals surface area contributed by atoms with Gasteiger partial charge < -0.3 is 0 Å². The first-order valence-corrected chi connectivity index (χ1v) is 5.79. The molecule has 0 aromatic heterocycles. The molecule has 0 aromatic rings. The average molecular weight is 248 g/mol. The lowest BCUT2D eigenvalue weighted by atomic mass is 10.2. The molecule has 1 saturated heterocycles. The van der Waals surface area contributed by atoms with E-state index in [9.17, 15) is 0 Å². The summed E-state index contributed by atoms with van der Waals surface area (Å²) < 4.78 is 0. The minimum Gasteiger partial charge on any atom is -0.296 e. The summed E-state index contributed by atoms with van der Waals surface area (Å²) in [7, 11) is 0. The van der Waals surface area contributed by atoms with E-state index in [2.05, 4.69) is 15.9 Å². The van der Waals surface area contributed by atoms with Gasteiger partial charge in [0.15, 0.2) is 0 Å². The van der Waals surface area contributed by atoms with E-state index >= 15 is 0 Å². The van der Waals surface area contributed by atoms with E-state index in [-0.39, 0.29) is 6.04 Å². The average Bonchev–Trinajstić information content (AvgIpc) is 2.29. The van der Waals surface area contributed by atoms with Gasteiger partial charge in [0.25, 0.3) is 0 Å². The molecule has 0 N–H and O–H groups in total. The number of nitrogens with zero attached hydrogens (tertiary/aromatic N) is 3. The zero-order chi connectivity index (χ0) is 11.3. The summed E-state index contributed by atoms with van der Waals surface area (Å²) in [5, 5.41) is 9.45. The van der Waals surface area contributed by atoms with Crippen LogP contribution >= 0.6 is 23.2 Å². The zero-order valence-corrected chi connectivity index (χ0v) is 10.3. The maximum atomic E-state index is 8.78. The van der Waals surface area contributed by atoms with Crippen molar-refractivity contribution in [2.24, 2.45) is 0 Å². The van der Waals surface area contributed by atoms with Crippen molar-refractivity contribution in [3.63, 3.8) is 0 Å². The molecule has 3 nitrogen and oxygen atoms in total. The predicted molar refractivity (Wildman–Crippen MR) is 62.9 cm³/mol. The number of halogens is 2. The van der Waals surface area contributed by atoms with Crippen LogP contribution in [0.3, 0.4) is 0 Å². The summed E-state index contributed by atoms with van der Waals surface area (Å²) in [4.78, 5) is 4.41. The van der Waals surface area contributed by atoms with E-state index in [1.54, 1.807) is 0 Å². The molecular formula is C10H15Cl2N3. The van der Waals surface area contributed by atoms with E-state index in [0.29, 0.717) is 11.6 Å². The molecule has 0 aromatic carbocycles. The third kappa shape index (κ3) is 4.00. The predicted octanol–water partition coefficient (Wildman–Crippen LogP) is 1.84. The van der Waals surface area contributed by atoms with Gasteiger partial charge in [-0.25, -0.2) is 0 Å². The Labute approximate surface area is 101 Å². The Balaban J connectivity index is 2.33. The first-order valence-electron chi connectivity index (χ1n) is 4.98. The highest BCUT2D eigenvalue weighted by atomic mass is 35.5. The lowest BCUT2D eigenvalue weighted by Gasteiger charge is -2.35. The quantitative estimate of drug-likeness (QED) is 0.763. The summed E-state index contributed by atoms with van der Waals surface area (Å²) >= 11 is 11.3. The van der Waals surface area contributed by atoms with Crippen molar-refractivity contribution in [3.05, 3.63) is 10.6 Å². The fourth-order valence-corrected chi connectivity index (χ4v) is 1.88. The Morgan fingerprint density at radius 3 is 2.53 bits per heavy atom. The Morgan fingerprint density at radius 1 is 1.47 bits per heavy atom. The summed E-state index contributed by atoms with van der Waals surface area (Å²) in [5.74, 6) is 0. The van der Waals surface area contributed by atoms with Crippen molar-refractivity contribution in [1.82, 2.24) is 9.80 Å². The lowest BCUT2D eigenvalue weighted by molar-refractivity contribution is 0.127. The Morgan fingerprint density at radius 2 is 2.07 bits per heavy atom. The highest BCUT2D eigenvalue weighted by molar-refractivity contribution is 6.36. The summed E-state index contributed by atoms with van der Waals surface area (Å²) in [5.41, 5.74) is 1.41. The second-order valence-corrected chi connectivity index (χ2v) is 4.38. The molecule has 5 heteroatoms. The number of rotatable bonds is 3. The van der Waals surface area contributed by atoms with Crippen LogP contribution in [-0.4, -0.2) is 48.6 Å². The molecule has 1 aliphatic heterocycles. The fraction of sp³-hybridized carbons (Fsp3) is 0.700. The maximum absolute atomic E-state index is 8.78. The van der Waals surface area contributed by atoms with Crippen molar-refractivity contribution in [1.29, 1.82) is 5.26 Å². The number of hydrogen-bond acceptors (Lipinski definition) is 3. The van der Waals surface area contributed by atoms with Crippen molar-refractivity contribution in [2.45, 2.75) is 13.0 Å². The van der Waals surface area contributed by atoms with Gasteiger partial charge in [-0.05, 0) is 6.92 Å². The van der Waals surface area contributed by atoms with Gasteiger partial charge in [-0.3, -0.25) is 9.80 Å². The van der Waals surface area contributed by atoms with Crippen molar-refractivity contribution >= 4 is 23.2 Å². The molecule has 0 bridgehead atoms. The van der Waals surface area contributed by atoms with Gasteiger partial charge in [0.2, 0.25) is 0 Å². The molecule has 1 unspecified atom stereocenters. The topological polar surface area (TPSA) is 30.3 Å². The van der Waals surface area contributed by atoms with Crippen LogP contribution in [0.1, 0.15) is 6.92 Å². The molecule has 15 heavy (non-hydrogen) atoms. The Kier molecular flexibility index (Phi) is 5.41. The van der Waals surface area contributed by atoms with Gasteiger partial charge in [0.05, 0.1) is 12.1 Å². The molecule has 0 spiro atoms. The molecule has 1 fully saturated rings. The van der Waals surface area contributed by atoms with Crippen LogP contribution < -0.4 is 0 Å². The van der Waals surface area contributed by atoms with Crippen LogP contribution in [0, 0.1) is 11.3 Å². The molecular weight excluding hydrogens is 233 g/mol. The Hall–Kier alpha value is -0.270. The Bertz CT molecular complexity index is 264. The molecule has 1 aliphatic rings. The molecule has 1 heterocycles. The van der Waals surface area contributed by atoms with Crippen LogP contribution in [0.5, 0.6) is 0 Å². The molecule has 0 aliphatic carbocycles. The second kappa shape index (κ2) is 6.34. The third-order valence-electron chi connectivity index (χ3n) is 2.63.